The number of hydrogen-bond donors (Lipinski definition) is 4. The lowest BCUT2D eigenvalue weighted by molar-refractivity contribution is -0.129. The molecule has 4 N–H and O–H groups in total. The summed E-state index contributed by atoms with van der Waals surface area (Å²) < 4.78 is 10.7. The molecule has 1 aromatic carbocycles. The summed E-state index contributed by atoms with van der Waals surface area (Å²) in [6.45, 7) is 0.316. The van der Waals surface area contributed by atoms with E-state index in [1.54, 1.807) is 12.1 Å². The number of aliphatic hydroxyl groups is 2. The third-order valence-electron chi connectivity index (χ3n) is 4.81. The number of nitrogens with zero attached hydrogens (tertiary/aromatic N) is 1. The first-order valence-electron chi connectivity index (χ1n) is 8.55. The van der Waals surface area contributed by atoms with Crippen molar-refractivity contribution < 1.29 is 24.5 Å². The van der Waals surface area contributed by atoms with Crippen LogP contribution in [-0.4, -0.2) is 58.1 Å². The number of aliphatic hydroxyl groups excluding tert-OH is 2. The van der Waals surface area contributed by atoms with Gasteiger partial charge in [-0.3, -0.25) is 9.79 Å². The molecular formula is C18H19N3O5S. The number of anilines is 1. The molecule has 2 heterocycles. The van der Waals surface area contributed by atoms with Gasteiger partial charge in [-0.2, -0.15) is 0 Å². The lowest BCUT2D eigenvalue weighted by atomic mass is 9.81. The average molecular weight is 389 g/mol. The molecule has 1 aromatic rings. The van der Waals surface area contributed by atoms with Crippen LogP contribution in [0.15, 0.2) is 23.2 Å². The van der Waals surface area contributed by atoms with Crippen molar-refractivity contribution in [2.45, 2.75) is 29.9 Å². The maximum atomic E-state index is 12.4. The van der Waals surface area contributed by atoms with Crippen LogP contribution in [0.4, 0.5) is 5.69 Å². The van der Waals surface area contributed by atoms with Gasteiger partial charge in [0.05, 0.1) is 24.6 Å². The van der Waals surface area contributed by atoms with E-state index >= 15 is 0 Å². The molecule has 27 heavy (non-hydrogen) atoms. The Morgan fingerprint density at radius 2 is 2.19 bits per heavy atom. The molecule has 0 radical (unpaired) electrons. The number of nitrogens with one attached hydrogen (secondary N) is 2. The molecule has 5 atom stereocenters. The molecule has 8 nitrogen and oxygen atoms in total. The number of aliphatic imine (C=N–C) groups is 1. The molecule has 5 unspecified atom stereocenters. The van der Waals surface area contributed by atoms with Gasteiger partial charge in [0, 0.05) is 17.0 Å². The van der Waals surface area contributed by atoms with Crippen LogP contribution >= 0.6 is 11.8 Å². The van der Waals surface area contributed by atoms with E-state index in [-0.39, 0.29) is 30.9 Å². The molecule has 0 aromatic heterocycles. The van der Waals surface area contributed by atoms with Crippen molar-refractivity contribution >= 4 is 28.5 Å². The summed E-state index contributed by atoms with van der Waals surface area (Å²) in [5, 5.41) is 26.6. The molecule has 0 spiro atoms. The number of carbonyl (C=O) groups excluding carboxylic acids is 1. The van der Waals surface area contributed by atoms with Crippen molar-refractivity contribution in [3.8, 4) is 23.8 Å². The van der Waals surface area contributed by atoms with Gasteiger partial charge in [-0.25, -0.2) is 0 Å². The number of ether oxygens (including phenoxy) is 2. The van der Waals surface area contributed by atoms with Crippen molar-refractivity contribution in [2.24, 2.45) is 10.9 Å². The molecule has 142 valence electrons. The van der Waals surface area contributed by atoms with Gasteiger partial charge in [-0.1, -0.05) is 17.7 Å². The minimum Gasteiger partial charge on any atom is -0.454 e. The molecule has 1 aliphatic carbocycles. The van der Waals surface area contributed by atoms with Gasteiger partial charge in [0.1, 0.15) is 6.10 Å². The predicted molar refractivity (Wildman–Crippen MR) is 101 cm³/mol. The number of rotatable bonds is 3. The van der Waals surface area contributed by atoms with Crippen molar-refractivity contribution in [3.05, 3.63) is 18.2 Å². The third kappa shape index (κ3) is 3.43. The van der Waals surface area contributed by atoms with E-state index in [9.17, 15) is 15.0 Å². The van der Waals surface area contributed by atoms with Crippen LogP contribution in [0.5, 0.6) is 11.5 Å². The van der Waals surface area contributed by atoms with Gasteiger partial charge < -0.3 is 30.3 Å². The fourth-order valence-corrected chi connectivity index (χ4v) is 4.85. The minimum absolute atomic E-state index is 0.124. The second-order valence-corrected chi connectivity index (χ2v) is 7.69. The number of fused-ring (bicyclic) bond motifs is 2. The first kappa shape index (κ1) is 18.0. The molecular weight excluding hydrogens is 370 g/mol. The van der Waals surface area contributed by atoms with E-state index in [0.29, 0.717) is 16.7 Å². The number of amides is 1. The third-order valence-corrected chi connectivity index (χ3v) is 6.12. The highest BCUT2D eigenvalue weighted by Crippen LogP contribution is 2.42. The topological polar surface area (TPSA) is 112 Å². The zero-order valence-corrected chi connectivity index (χ0v) is 15.1. The highest BCUT2D eigenvalue weighted by atomic mass is 32.2. The van der Waals surface area contributed by atoms with Crippen molar-refractivity contribution in [3.63, 3.8) is 0 Å². The lowest BCUT2D eigenvalue weighted by Gasteiger charge is -2.37. The van der Waals surface area contributed by atoms with Crippen LogP contribution in [0.1, 0.15) is 6.42 Å². The first-order chi connectivity index (χ1) is 13.1. The highest BCUT2D eigenvalue weighted by molar-refractivity contribution is 8.15. The first-order valence-corrected chi connectivity index (χ1v) is 9.43. The van der Waals surface area contributed by atoms with E-state index in [0.717, 1.165) is 5.69 Å². The van der Waals surface area contributed by atoms with Crippen molar-refractivity contribution in [1.29, 1.82) is 0 Å². The monoisotopic (exact) mass is 389 g/mol. The zero-order valence-electron chi connectivity index (χ0n) is 14.3. The Bertz CT molecular complexity index is 824. The van der Waals surface area contributed by atoms with Crippen molar-refractivity contribution in [2.75, 3.05) is 18.7 Å². The lowest BCUT2D eigenvalue weighted by Crippen LogP contribution is -2.54. The predicted octanol–water partition coefficient (Wildman–Crippen LogP) is 0.158. The Balaban J connectivity index is 1.50. The van der Waals surface area contributed by atoms with E-state index in [4.69, 9.17) is 15.9 Å². The second-order valence-electron chi connectivity index (χ2n) is 6.52. The summed E-state index contributed by atoms with van der Waals surface area (Å²) >= 11 is 1.38. The summed E-state index contributed by atoms with van der Waals surface area (Å²) in [5.41, 5.74) is 0.757. The van der Waals surface area contributed by atoms with Crippen LogP contribution in [0.3, 0.4) is 0 Å². The number of thioether (sulfide) groups is 1. The van der Waals surface area contributed by atoms with E-state index in [1.807, 2.05) is 6.07 Å². The van der Waals surface area contributed by atoms with Gasteiger partial charge in [0.15, 0.2) is 16.7 Å². The Hall–Kier alpha value is -2.41. The number of hydrogen-bond acceptors (Lipinski definition) is 8. The summed E-state index contributed by atoms with van der Waals surface area (Å²) in [4.78, 5) is 16.9. The summed E-state index contributed by atoms with van der Waals surface area (Å²) in [6, 6.07) is 4.86. The fraction of sp³-hybridized carbons (Fsp3) is 0.444. The Labute approximate surface area is 160 Å². The summed E-state index contributed by atoms with van der Waals surface area (Å²) in [5.74, 6) is 2.96. The van der Waals surface area contributed by atoms with E-state index < -0.39 is 24.2 Å². The van der Waals surface area contributed by atoms with E-state index in [1.165, 1.54) is 11.8 Å². The van der Waals surface area contributed by atoms with Gasteiger partial charge in [0.25, 0.3) is 0 Å². The van der Waals surface area contributed by atoms with Gasteiger partial charge in [-0.05, 0) is 18.6 Å². The normalized spacial score (nSPS) is 30.9. The smallest absolute Gasteiger partial charge is 0.231 e. The van der Waals surface area contributed by atoms with Crippen LogP contribution < -0.4 is 20.1 Å². The summed E-state index contributed by atoms with van der Waals surface area (Å²) in [7, 11) is 0. The maximum Gasteiger partial charge on any atom is 0.231 e. The van der Waals surface area contributed by atoms with Gasteiger partial charge >= 0.3 is 0 Å². The number of carbonyl (C=O) groups is 1. The van der Waals surface area contributed by atoms with Gasteiger partial charge in [-0.15, -0.1) is 6.42 Å². The Morgan fingerprint density at radius 3 is 3.00 bits per heavy atom. The Morgan fingerprint density at radius 1 is 1.37 bits per heavy atom. The standard InChI is InChI=1S/C18H19N3O5S/c1-2-5-19-17(24)10-7-11(22)15(23)14-16(10)27-18(21-14)20-9-3-4-12-13(6-9)26-8-25-12/h1,3-4,6,10-11,14-16,22-23H,5,7-8H2,(H,19,24)(H,20,21). The molecule has 1 saturated carbocycles. The molecule has 1 amide bonds. The SMILES string of the molecule is C#CCNC(=O)C1CC(O)C(O)C2N=C(Nc3ccc4c(c3)OCO4)SC12. The molecule has 0 bridgehead atoms. The molecule has 3 aliphatic rings. The minimum atomic E-state index is -1.02. The number of amidine groups is 1. The molecule has 9 heteroatoms. The highest BCUT2D eigenvalue weighted by Gasteiger charge is 2.50. The Kier molecular flexibility index (Phi) is 4.86. The largest absolute Gasteiger partial charge is 0.454 e. The molecule has 4 rings (SSSR count). The van der Waals surface area contributed by atoms with E-state index in [2.05, 4.69) is 21.5 Å². The number of benzene rings is 1. The number of terminal acetylenes is 1. The molecule has 1 fully saturated rings. The average Bonchev–Trinajstić information content (AvgIpc) is 3.29. The molecule has 0 saturated heterocycles. The van der Waals surface area contributed by atoms with Crippen LogP contribution in [0.2, 0.25) is 0 Å². The fourth-order valence-electron chi connectivity index (χ4n) is 3.48. The van der Waals surface area contributed by atoms with Crippen LogP contribution in [0.25, 0.3) is 0 Å². The molecule has 2 aliphatic heterocycles. The zero-order chi connectivity index (χ0) is 19.0. The van der Waals surface area contributed by atoms with Crippen molar-refractivity contribution in [1.82, 2.24) is 5.32 Å². The quantitative estimate of drug-likeness (QED) is 0.545. The summed E-state index contributed by atoms with van der Waals surface area (Å²) in [6.07, 6.45) is 3.33. The van der Waals surface area contributed by atoms with Crippen LogP contribution in [0, 0.1) is 18.3 Å². The maximum absolute atomic E-state index is 12.4. The van der Waals surface area contributed by atoms with Gasteiger partial charge in [0.2, 0.25) is 12.7 Å². The van der Waals surface area contributed by atoms with Crippen LogP contribution in [-0.2, 0) is 4.79 Å². The second kappa shape index (κ2) is 7.31.